The van der Waals surface area contributed by atoms with Gasteiger partial charge in [0.2, 0.25) is 5.91 Å². The van der Waals surface area contributed by atoms with Gasteiger partial charge in [-0.05, 0) is 25.5 Å². The number of aliphatic hydroxyl groups excluding tert-OH is 2. The first-order valence-electron chi connectivity index (χ1n) is 12.0. The van der Waals surface area contributed by atoms with Gasteiger partial charge in [0.15, 0.2) is 5.06 Å². The molecule has 1 aromatic heterocycles. The number of hydrogen-bond donors (Lipinski definition) is 3. The van der Waals surface area contributed by atoms with E-state index in [0.29, 0.717) is 6.42 Å². The Morgan fingerprint density at radius 2 is 2.00 bits per heavy atom. The van der Waals surface area contributed by atoms with E-state index in [2.05, 4.69) is 10.3 Å². The number of thiazole rings is 1. The smallest absolute Gasteiger partial charge is 0.223 e. The SMILES string of the molecule is CC(=Cc1csc(C)n1)[C@@H]1C[C@@H]2O[C@]2(Cl)COC[C@H](C)[C@H](O)[C@@H](C)C(=O)C(C)(C)[C@@H](O)CC(=O)N1. The summed E-state index contributed by atoms with van der Waals surface area (Å²) in [5.41, 5.74) is 0.450. The van der Waals surface area contributed by atoms with Crippen LogP contribution in [0.5, 0.6) is 0 Å². The van der Waals surface area contributed by atoms with Gasteiger partial charge in [0.05, 0.1) is 54.0 Å². The van der Waals surface area contributed by atoms with Crippen molar-refractivity contribution >= 4 is 40.7 Å². The molecule has 8 nitrogen and oxygen atoms in total. The van der Waals surface area contributed by atoms with E-state index in [4.69, 9.17) is 21.1 Å². The van der Waals surface area contributed by atoms with Gasteiger partial charge in [-0.15, -0.1) is 11.3 Å². The molecular formula is C25H37ClN2O6S. The van der Waals surface area contributed by atoms with Gasteiger partial charge in [-0.3, -0.25) is 9.59 Å². The number of aryl methyl sites for hydroxylation is 1. The van der Waals surface area contributed by atoms with E-state index in [1.54, 1.807) is 39.0 Å². The molecule has 0 unspecified atom stereocenters. The fourth-order valence-corrected chi connectivity index (χ4v) is 5.32. The molecule has 0 spiro atoms. The van der Waals surface area contributed by atoms with Crippen molar-refractivity contribution in [2.24, 2.45) is 17.3 Å². The van der Waals surface area contributed by atoms with Crippen LogP contribution in [0, 0.1) is 24.2 Å². The summed E-state index contributed by atoms with van der Waals surface area (Å²) in [5, 5.41) is 26.4. The van der Waals surface area contributed by atoms with Crippen molar-refractivity contribution in [2.45, 2.75) is 83.8 Å². The second kappa shape index (κ2) is 10.9. The lowest BCUT2D eigenvalue weighted by Gasteiger charge is -2.34. The molecule has 7 atom stereocenters. The van der Waals surface area contributed by atoms with Crippen LogP contribution in [-0.4, -0.2) is 69.5 Å². The number of carbonyl (C=O) groups is 2. The number of nitrogens with zero attached hydrogens (tertiary/aromatic N) is 1. The number of hydrogen-bond acceptors (Lipinski definition) is 8. The van der Waals surface area contributed by atoms with Crippen LogP contribution in [0.15, 0.2) is 11.0 Å². The zero-order chi connectivity index (χ0) is 26.1. The average molecular weight is 529 g/mol. The molecule has 0 aromatic carbocycles. The summed E-state index contributed by atoms with van der Waals surface area (Å²) in [5.74, 6) is -1.79. The number of carbonyl (C=O) groups excluding carboxylic acids is 2. The van der Waals surface area contributed by atoms with Crippen LogP contribution in [-0.2, 0) is 19.1 Å². The van der Waals surface area contributed by atoms with Crippen LogP contribution in [0.4, 0.5) is 0 Å². The number of epoxide rings is 1. The lowest BCUT2D eigenvalue weighted by molar-refractivity contribution is -0.143. The minimum Gasteiger partial charge on any atom is -0.392 e. The number of aliphatic hydroxyl groups is 2. The van der Waals surface area contributed by atoms with E-state index in [1.165, 1.54) is 0 Å². The molecule has 2 saturated heterocycles. The molecule has 196 valence electrons. The van der Waals surface area contributed by atoms with E-state index in [0.717, 1.165) is 16.3 Å². The summed E-state index contributed by atoms with van der Waals surface area (Å²) in [6, 6.07) is -0.409. The van der Waals surface area contributed by atoms with Crippen LogP contribution < -0.4 is 5.32 Å². The molecule has 2 aliphatic rings. The van der Waals surface area contributed by atoms with Gasteiger partial charge < -0.3 is 25.0 Å². The molecule has 3 heterocycles. The van der Waals surface area contributed by atoms with E-state index in [-0.39, 0.29) is 37.4 Å². The minimum absolute atomic E-state index is 0.123. The number of nitrogens with one attached hydrogen (secondary N) is 1. The number of ketones is 1. The third kappa shape index (κ3) is 6.70. The zero-order valence-electron chi connectivity index (χ0n) is 21.2. The van der Waals surface area contributed by atoms with Gasteiger partial charge in [0, 0.05) is 23.6 Å². The number of halogens is 1. The van der Waals surface area contributed by atoms with Crippen molar-refractivity contribution < 1.29 is 29.3 Å². The summed E-state index contributed by atoms with van der Waals surface area (Å²) >= 11 is 8.13. The highest BCUT2D eigenvalue weighted by Crippen LogP contribution is 2.44. The predicted molar refractivity (Wildman–Crippen MR) is 135 cm³/mol. The Bertz CT molecular complexity index is 966. The molecule has 1 aromatic rings. The largest absolute Gasteiger partial charge is 0.392 e. The van der Waals surface area contributed by atoms with E-state index in [9.17, 15) is 19.8 Å². The lowest BCUT2D eigenvalue weighted by Crippen LogP contribution is -2.48. The van der Waals surface area contributed by atoms with Crippen molar-refractivity contribution in [2.75, 3.05) is 13.2 Å². The monoisotopic (exact) mass is 528 g/mol. The first-order chi connectivity index (χ1) is 16.2. The maximum Gasteiger partial charge on any atom is 0.223 e. The van der Waals surface area contributed by atoms with Gasteiger partial charge in [-0.1, -0.05) is 39.3 Å². The fraction of sp³-hybridized carbons (Fsp3) is 0.720. The second-order valence-electron chi connectivity index (χ2n) is 10.5. The predicted octanol–water partition coefficient (Wildman–Crippen LogP) is 3.07. The fourth-order valence-electron chi connectivity index (χ4n) is 4.47. The molecule has 35 heavy (non-hydrogen) atoms. The number of rotatable bonds is 2. The Kier molecular flexibility index (Phi) is 8.82. The minimum atomic E-state index is -1.22. The highest BCUT2D eigenvalue weighted by Gasteiger charge is 2.56. The van der Waals surface area contributed by atoms with Crippen molar-refractivity contribution in [3.63, 3.8) is 0 Å². The van der Waals surface area contributed by atoms with Crippen molar-refractivity contribution in [3.8, 4) is 0 Å². The normalized spacial score (nSPS) is 37.5. The highest BCUT2D eigenvalue weighted by molar-refractivity contribution is 7.09. The van der Waals surface area contributed by atoms with Crippen molar-refractivity contribution in [1.82, 2.24) is 10.3 Å². The number of Topliss-reactive ketones (excluding diaryl/α,β-unsaturated/α-hetero) is 1. The van der Waals surface area contributed by atoms with Gasteiger partial charge in [-0.25, -0.2) is 4.98 Å². The maximum absolute atomic E-state index is 13.2. The maximum atomic E-state index is 13.2. The van der Waals surface area contributed by atoms with Gasteiger partial charge in [0.1, 0.15) is 11.9 Å². The molecule has 1 amide bonds. The molecule has 2 aliphatic heterocycles. The molecule has 10 heteroatoms. The van der Waals surface area contributed by atoms with Gasteiger partial charge in [-0.2, -0.15) is 0 Å². The van der Waals surface area contributed by atoms with E-state index < -0.39 is 40.6 Å². The molecule has 0 aliphatic carbocycles. The Morgan fingerprint density at radius 3 is 2.63 bits per heavy atom. The Balaban J connectivity index is 1.85. The number of aromatic nitrogens is 1. The molecule has 3 N–H and O–H groups in total. The molecule has 3 rings (SSSR count). The molecule has 0 bridgehead atoms. The first-order valence-corrected chi connectivity index (χ1v) is 13.2. The van der Waals surface area contributed by atoms with Crippen LogP contribution in [0.2, 0.25) is 0 Å². The summed E-state index contributed by atoms with van der Waals surface area (Å²) in [7, 11) is 0. The van der Waals surface area contributed by atoms with Gasteiger partial charge >= 0.3 is 0 Å². The van der Waals surface area contributed by atoms with Crippen LogP contribution in [0.3, 0.4) is 0 Å². The molecule has 0 saturated carbocycles. The molecular weight excluding hydrogens is 492 g/mol. The third-order valence-corrected chi connectivity index (χ3v) is 8.38. The highest BCUT2D eigenvalue weighted by atomic mass is 35.5. The first kappa shape index (κ1) is 28.2. The summed E-state index contributed by atoms with van der Waals surface area (Å²) < 4.78 is 11.5. The molecule has 0 radical (unpaired) electrons. The van der Waals surface area contributed by atoms with E-state index >= 15 is 0 Å². The number of alkyl halides is 1. The van der Waals surface area contributed by atoms with Crippen molar-refractivity contribution in [3.05, 3.63) is 21.7 Å². The Labute approximate surface area is 216 Å². The summed E-state index contributed by atoms with van der Waals surface area (Å²) in [6.45, 7) is 10.8. The third-order valence-electron chi connectivity index (χ3n) is 7.14. The number of ether oxygens (including phenoxy) is 2. The number of amides is 1. The molecule has 2 fully saturated rings. The summed E-state index contributed by atoms with van der Waals surface area (Å²) in [4.78, 5) is 30.6. The average Bonchev–Trinajstić information content (AvgIpc) is 3.22. The standard InChI is InChI=1S/C25H37ClN2O6S/c1-13(7-17-11-35-16(4)27-17)18-8-20-25(26,34-20)12-33-10-14(2)22(31)15(3)23(32)24(5,6)19(29)9-21(30)28-18/h7,11,14-15,18-20,22,29,31H,8-10,12H2,1-6H3,(H,28,30)/t14-,15+,18-,19-,20-,22-,25+/m0/s1. The van der Waals surface area contributed by atoms with Crippen LogP contribution in [0.1, 0.15) is 58.2 Å². The van der Waals surface area contributed by atoms with Crippen molar-refractivity contribution in [1.29, 1.82) is 0 Å². The second-order valence-corrected chi connectivity index (χ2v) is 12.2. The Hall–Kier alpha value is -1.36. The summed E-state index contributed by atoms with van der Waals surface area (Å²) in [6.07, 6.45) is -0.459. The quantitative estimate of drug-likeness (QED) is 0.398. The zero-order valence-corrected chi connectivity index (χ0v) is 22.8. The van der Waals surface area contributed by atoms with Gasteiger partial charge in [0.25, 0.3) is 0 Å². The topological polar surface area (TPSA) is 121 Å². The lowest BCUT2D eigenvalue weighted by atomic mass is 9.73. The van der Waals surface area contributed by atoms with Crippen LogP contribution in [0.25, 0.3) is 6.08 Å². The number of fused-ring (bicyclic) bond motifs is 1. The van der Waals surface area contributed by atoms with E-state index in [1.807, 2.05) is 25.3 Å². The van der Waals surface area contributed by atoms with Crippen LogP contribution >= 0.6 is 22.9 Å². The Morgan fingerprint density at radius 1 is 1.31 bits per heavy atom.